The minimum absolute atomic E-state index is 0.777. The SMILES string of the molecule is c1cc(Nc2ccc(N3CCCC3)cn2)nc(-c2nccs2)c1. The van der Waals surface area contributed by atoms with Crippen LogP contribution >= 0.6 is 11.3 Å². The van der Waals surface area contributed by atoms with Crippen molar-refractivity contribution in [3.05, 3.63) is 48.1 Å². The van der Waals surface area contributed by atoms with Crippen molar-refractivity contribution in [2.45, 2.75) is 12.8 Å². The predicted molar refractivity (Wildman–Crippen MR) is 94.3 cm³/mol. The third-order valence-corrected chi connectivity index (χ3v) is 4.67. The second-order valence-corrected chi connectivity index (χ2v) is 6.36. The van der Waals surface area contributed by atoms with E-state index in [1.165, 1.54) is 18.5 Å². The van der Waals surface area contributed by atoms with Crippen molar-refractivity contribution in [3.8, 4) is 10.7 Å². The lowest BCUT2D eigenvalue weighted by Gasteiger charge is -2.17. The summed E-state index contributed by atoms with van der Waals surface area (Å²) in [6.45, 7) is 2.26. The average molecular weight is 323 g/mol. The van der Waals surface area contributed by atoms with E-state index < -0.39 is 0 Å². The van der Waals surface area contributed by atoms with Gasteiger partial charge in [-0.15, -0.1) is 11.3 Å². The van der Waals surface area contributed by atoms with E-state index in [1.54, 1.807) is 17.5 Å². The third kappa shape index (κ3) is 3.17. The van der Waals surface area contributed by atoms with Crippen molar-refractivity contribution in [1.82, 2.24) is 15.0 Å². The Balaban J connectivity index is 1.50. The summed E-state index contributed by atoms with van der Waals surface area (Å²) >= 11 is 1.58. The fourth-order valence-electron chi connectivity index (χ4n) is 2.73. The first-order chi connectivity index (χ1) is 11.4. The summed E-state index contributed by atoms with van der Waals surface area (Å²) in [5, 5.41) is 6.14. The van der Waals surface area contributed by atoms with E-state index in [1.807, 2.05) is 35.8 Å². The molecule has 0 unspecified atom stereocenters. The van der Waals surface area contributed by atoms with Gasteiger partial charge < -0.3 is 10.2 Å². The highest BCUT2D eigenvalue weighted by Gasteiger charge is 2.12. The fourth-order valence-corrected chi connectivity index (χ4v) is 3.33. The number of anilines is 3. The number of nitrogens with zero attached hydrogens (tertiary/aromatic N) is 4. The Labute approximate surface area is 139 Å². The molecule has 0 spiro atoms. The summed E-state index contributed by atoms with van der Waals surface area (Å²) in [7, 11) is 0. The molecule has 0 bridgehead atoms. The van der Waals surface area contributed by atoms with E-state index in [4.69, 9.17) is 0 Å². The zero-order valence-corrected chi connectivity index (χ0v) is 13.5. The van der Waals surface area contributed by atoms with Crippen LogP contribution in [0.4, 0.5) is 17.3 Å². The Hall–Kier alpha value is -2.47. The minimum atomic E-state index is 0.777. The number of thiazole rings is 1. The lowest BCUT2D eigenvalue weighted by Crippen LogP contribution is -2.17. The molecule has 5 nitrogen and oxygen atoms in total. The molecule has 0 amide bonds. The van der Waals surface area contributed by atoms with Gasteiger partial charge in [0.1, 0.15) is 22.3 Å². The molecule has 1 fully saturated rings. The summed E-state index contributed by atoms with van der Waals surface area (Å²) in [6.07, 6.45) is 6.26. The highest BCUT2D eigenvalue weighted by molar-refractivity contribution is 7.13. The highest BCUT2D eigenvalue weighted by atomic mass is 32.1. The van der Waals surface area contributed by atoms with E-state index in [2.05, 4.69) is 31.2 Å². The Kier molecular flexibility index (Phi) is 3.90. The van der Waals surface area contributed by atoms with Gasteiger partial charge in [-0.25, -0.2) is 15.0 Å². The topological polar surface area (TPSA) is 53.9 Å². The molecule has 1 N–H and O–H groups in total. The van der Waals surface area contributed by atoms with Crippen molar-refractivity contribution in [3.63, 3.8) is 0 Å². The monoisotopic (exact) mass is 323 g/mol. The van der Waals surface area contributed by atoms with E-state index in [0.717, 1.165) is 35.4 Å². The summed E-state index contributed by atoms with van der Waals surface area (Å²) in [6, 6.07) is 10.0. The largest absolute Gasteiger partial charge is 0.370 e. The van der Waals surface area contributed by atoms with Gasteiger partial charge in [0.05, 0.1) is 11.9 Å². The lowest BCUT2D eigenvalue weighted by molar-refractivity contribution is 0.949. The maximum atomic E-state index is 4.60. The van der Waals surface area contributed by atoms with Crippen molar-refractivity contribution >= 4 is 28.7 Å². The molecule has 116 valence electrons. The minimum Gasteiger partial charge on any atom is -0.370 e. The number of rotatable bonds is 4. The molecule has 0 radical (unpaired) electrons. The van der Waals surface area contributed by atoms with E-state index in [0.29, 0.717) is 0 Å². The number of pyridine rings is 2. The molecule has 3 aromatic heterocycles. The third-order valence-electron chi connectivity index (χ3n) is 3.88. The molecule has 0 aliphatic carbocycles. The zero-order valence-electron chi connectivity index (χ0n) is 12.6. The van der Waals surface area contributed by atoms with Gasteiger partial charge in [-0.1, -0.05) is 6.07 Å². The van der Waals surface area contributed by atoms with Crippen LogP contribution in [0.5, 0.6) is 0 Å². The molecule has 0 aromatic carbocycles. The van der Waals surface area contributed by atoms with Crippen LogP contribution in [-0.4, -0.2) is 28.0 Å². The van der Waals surface area contributed by atoms with Crippen LogP contribution in [0.1, 0.15) is 12.8 Å². The molecule has 4 rings (SSSR count). The van der Waals surface area contributed by atoms with Gasteiger partial charge >= 0.3 is 0 Å². The maximum absolute atomic E-state index is 4.60. The molecule has 0 saturated carbocycles. The van der Waals surface area contributed by atoms with Crippen LogP contribution in [-0.2, 0) is 0 Å². The second kappa shape index (κ2) is 6.34. The lowest BCUT2D eigenvalue weighted by atomic mass is 10.3. The van der Waals surface area contributed by atoms with Gasteiger partial charge in [-0.3, -0.25) is 0 Å². The van der Waals surface area contributed by atoms with Crippen LogP contribution in [0, 0.1) is 0 Å². The second-order valence-electron chi connectivity index (χ2n) is 5.47. The fraction of sp³-hybridized carbons (Fsp3) is 0.235. The molecule has 6 heteroatoms. The van der Waals surface area contributed by atoms with Crippen LogP contribution < -0.4 is 10.2 Å². The maximum Gasteiger partial charge on any atom is 0.141 e. The summed E-state index contributed by atoms with van der Waals surface area (Å²) in [5.74, 6) is 1.58. The highest BCUT2D eigenvalue weighted by Crippen LogP contribution is 2.23. The van der Waals surface area contributed by atoms with Gasteiger partial charge in [-0.2, -0.15) is 0 Å². The summed E-state index contributed by atoms with van der Waals surface area (Å²) in [5.41, 5.74) is 2.07. The normalized spacial score (nSPS) is 14.2. The molecule has 3 aromatic rings. The first-order valence-electron chi connectivity index (χ1n) is 7.73. The van der Waals surface area contributed by atoms with Gasteiger partial charge in [0.2, 0.25) is 0 Å². The number of hydrogen-bond donors (Lipinski definition) is 1. The van der Waals surface area contributed by atoms with E-state index >= 15 is 0 Å². The van der Waals surface area contributed by atoms with E-state index in [-0.39, 0.29) is 0 Å². The smallest absolute Gasteiger partial charge is 0.141 e. The van der Waals surface area contributed by atoms with Crippen molar-refractivity contribution in [1.29, 1.82) is 0 Å². The van der Waals surface area contributed by atoms with Crippen molar-refractivity contribution in [2.75, 3.05) is 23.3 Å². The van der Waals surface area contributed by atoms with Crippen molar-refractivity contribution in [2.24, 2.45) is 0 Å². The van der Waals surface area contributed by atoms with Gasteiger partial charge in [0, 0.05) is 24.7 Å². The molecule has 1 aliphatic heterocycles. The van der Waals surface area contributed by atoms with E-state index in [9.17, 15) is 0 Å². The Morgan fingerprint density at radius 3 is 2.65 bits per heavy atom. The molecule has 1 saturated heterocycles. The Bertz CT molecular complexity index is 764. The van der Waals surface area contributed by atoms with Crippen molar-refractivity contribution < 1.29 is 0 Å². The molecule has 0 atom stereocenters. The number of aromatic nitrogens is 3. The molecule has 23 heavy (non-hydrogen) atoms. The molecule has 1 aliphatic rings. The number of hydrogen-bond acceptors (Lipinski definition) is 6. The molecular weight excluding hydrogens is 306 g/mol. The predicted octanol–water partition coefficient (Wildman–Crippen LogP) is 3.94. The Morgan fingerprint density at radius 1 is 1.00 bits per heavy atom. The molecule has 4 heterocycles. The summed E-state index contributed by atoms with van der Waals surface area (Å²) in [4.78, 5) is 15.8. The standard InChI is InChI=1S/C17H17N5S/c1-2-10-22(9-1)13-6-7-15(19-12-13)21-16-5-3-4-14(20-16)17-18-8-11-23-17/h3-8,11-12H,1-2,9-10H2,(H,19,20,21). The number of nitrogens with one attached hydrogen (secondary N) is 1. The van der Waals surface area contributed by atoms with Crippen LogP contribution in [0.15, 0.2) is 48.1 Å². The van der Waals surface area contributed by atoms with Gasteiger partial charge in [0.25, 0.3) is 0 Å². The first-order valence-corrected chi connectivity index (χ1v) is 8.61. The summed E-state index contributed by atoms with van der Waals surface area (Å²) < 4.78 is 0. The van der Waals surface area contributed by atoms with Gasteiger partial charge in [0.15, 0.2) is 0 Å². The quantitative estimate of drug-likeness (QED) is 0.788. The zero-order chi connectivity index (χ0) is 15.5. The molecular formula is C17H17N5S. The average Bonchev–Trinajstić information content (AvgIpc) is 3.30. The van der Waals surface area contributed by atoms with Crippen LogP contribution in [0.3, 0.4) is 0 Å². The Morgan fingerprint density at radius 2 is 1.91 bits per heavy atom. The first kappa shape index (κ1) is 14.1. The van der Waals surface area contributed by atoms with Crippen LogP contribution in [0.25, 0.3) is 10.7 Å². The van der Waals surface area contributed by atoms with Gasteiger partial charge in [-0.05, 0) is 37.1 Å². The van der Waals surface area contributed by atoms with Crippen LogP contribution in [0.2, 0.25) is 0 Å².